The fourth-order valence-electron chi connectivity index (χ4n) is 6.63. The molecule has 0 saturated carbocycles. The SMILES string of the molecule is C/C=S1/NC(=O)c2ccc(N3CC4CCCCN4C3=O)nc2N2C[C@@H](CCCNc3cccc1n3)CC2(C)C. The number of aromatic nitrogens is 2. The standard InChI is InChI=1S/C29H39N7O2S/c1-4-39-25-12-7-11-23(31-25)30-15-8-9-20-17-29(2,3)36(18-20)26-22(27(37)33-39)13-14-24(32-26)35-19-21-10-5-6-16-34(21)28(35)38/h4,7,11-14,20-21H,5-6,8-10,15-19H2,1-3H3,(H,30,31)(H,33,37)/t20-,21?,39?/m0/s1. The number of fused-ring (bicyclic) bond motifs is 7. The second kappa shape index (κ2) is 10.4. The van der Waals surface area contributed by atoms with Gasteiger partial charge >= 0.3 is 6.03 Å². The number of hydrogen-bond acceptors (Lipinski definition) is 6. The van der Waals surface area contributed by atoms with Crippen molar-refractivity contribution < 1.29 is 9.59 Å². The van der Waals surface area contributed by atoms with Crippen molar-refractivity contribution in [2.75, 3.05) is 41.3 Å². The summed E-state index contributed by atoms with van der Waals surface area (Å²) in [6.45, 7) is 9.60. The van der Waals surface area contributed by atoms with Crippen molar-refractivity contribution in [2.24, 2.45) is 5.92 Å². The van der Waals surface area contributed by atoms with Gasteiger partial charge in [-0.25, -0.2) is 14.8 Å². The molecule has 4 aliphatic rings. The van der Waals surface area contributed by atoms with E-state index >= 15 is 0 Å². The molecule has 4 aliphatic heterocycles. The normalized spacial score (nSPS) is 26.8. The number of carbonyl (C=O) groups is 2. The van der Waals surface area contributed by atoms with Gasteiger partial charge in [0.15, 0.2) is 0 Å². The summed E-state index contributed by atoms with van der Waals surface area (Å²) in [6, 6.07) is 9.91. The van der Waals surface area contributed by atoms with Crippen LogP contribution in [0.5, 0.6) is 0 Å². The van der Waals surface area contributed by atoms with Crippen LogP contribution in [0, 0.1) is 5.92 Å². The molecule has 3 fully saturated rings. The molecule has 2 N–H and O–H groups in total. The summed E-state index contributed by atoms with van der Waals surface area (Å²) in [5.74, 6) is 2.46. The molecule has 10 heteroatoms. The molecule has 3 atom stereocenters. The second-order valence-corrected chi connectivity index (χ2v) is 13.5. The van der Waals surface area contributed by atoms with Crippen LogP contribution in [0.1, 0.15) is 69.7 Å². The molecule has 2 unspecified atom stereocenters. The quantitative estimate of drug-likeness (QED) is 0.493. The third-order valence-corrected chi connectivity index (χ3v) is 10.1. The zero-order chi connectivity index (χ0) is 27.1. The minimum absolute atomic E-state index is 0.0351. The molecule has 0 radical (unpaired) electrons. The van der Waals surface area contributed by atoms with Crippen LogP contribution in [-0.4, -0.2) is 69.9 Å². The first kappa shape index (κ1) is 26.1. The Morgan fingerprint density at radius 3 is 2.74 bits per heavy atom. The molecule has 2 aromatic heterocycles. The second-order valence-electron chi connectivity index (χ2n) is 11.7. The third-order valence-electron chi connectivity index (χ3n) is 8.58. The summed E-state index contributed by atoms with van der Waals surface area (Å²) in [5, 5.41) is 6.27. The highest BCUT2D eigenvalue weighted by Crippen LogP contribution is 2.41. The zero-order valence-electron chi connectivity index (χ0n) is 23.2. The predicted octanol–water partition coefficient (Wildman–Crippen LogP) is 4.88. The fraction of sp³-hybridized carbons (Fsp3) is 0.552. The lowest BCUT2D eigenvalue weighted by atomic mass is 9.93. The van der Waals surface area contributed by atoms with Gasteiger partial charge in [0.05, 0.1) is 11.6 Å². The fourth-order valence-corrected chi connectivity index (χ4v) is 7.83. The lowest BCUT2D eigenvalue weighted by Gasteiger charge is -2.34. The maximum Gasteiger partial charge on any atom is 0.326 e. The highest BCUT2D eigenvalue weighted by molar-refractivity contribution is 8.13. The van der Waals surface area contributed by atoms with Crippen LogP contribution in [0.25, 0.3) is 0 Å². The Morgan fingerprint density at radius 1 is 1.05 bits per heavy atom. The molecule has 6 rings (SSSR count). The van der Waals surface area contributed by atoms with Gasteiger partial charge in [-0.1, -0.05) is 6.07 Å². The minimum Gasteiger partial charge on any atom is -0.370 e. The summed E-state index contributed by atoms with van der Waals surface area (Å²) in [7, 11) is -0.671. The van der Waals surface area contributed by atoms with Gasteiger partial charge in [0.1, 0.15) is 22.5 Å². The van der Waals surface area contributed by atoms with Crippen molar-refractivity contribution in [2.45, 2.75) is 75.9 Å². The zero-order valence-corrected chi connectivity index (χ0v) is 24.0. The molecule has 0 aliphatic carbocycles. The van der Waals surface area contributed by atoms with Crippen LogP contribution < -0.4 is 19.8 Å². The van der Waals surface area contributed by atoms with Crippen LogP contribution in [-0.2, 0) is 0 Å². The minimum atomic E-state index is -0.671. The first-order valence-corrected chi connectivity index (χ1v) is 15.5. The molecule has 208 valence electrons. The molecule has 0 aromatic carbocycles. The first-order valence-electron chi connectivity index (χ1n) is 14.3. The van der Waals surface area contributed by atoms with E-state index in [2.05, 4.69) is 28.8 Å². The van der Waals surface area contributed by atoms with Gasteiger partial charge in [0, 0.05) is 31.7 Å². The number of pyridine rings is 2. The van der Waals surface area contributed by atoms with Crippen molar-refractivity contribution in [1.29, 1.82) is 0 Å². The molecule has 0 spiro atoms. The number of urea groups is 1. The molecule has 2 aromatic rings. The van der Waals surface area contributed by atoms with Crippen molar-refractivity contribution in [3.8, 4) is 0 Å². The summed E-state index contributed by atoms with van der Waals surface area (Å²) >= 11 is 0. The predicted molar refractivity (Wildman–Crippen MR) is 158 cm³/mol. The first-order chi connectivity index (χ1) is 18.8. The van der Waals surface area contributed by atoms with E-state index in [1.807, 2.05) is 52.4 Å². The van der Waals surface area contributed by atoms with E-state index in [0.29, 0.717) is 29.7 Å². The molecule has 3 saturated heterocycles. The van der Waals surface area contributed by atoms with Gasteiger partial charge in [-0.2, -0.15) is 0 Å². The lowest BCUT2D eigenvalue weighted by molar-refractivity contribution is 0.0984. The van der Waals surface area contributed by atoms with Gasteiger partial charge in [-0.15, -0.1) is 0 Å². The van der Waals surface area contributed by atoms with Crippen molar-refractivity contribution in [3.05, 3.63) is 35.9 Å². The maximum atomic E-state index is 13.9. The summed E-state index contributed by atoms with van der Waals surface area (Å²) in [6.07, 6.45) is 6.41. The Balaban J connectivity index is 1.40. The molecule has 39 heavy (non-hydrogen) atoms. The smallest absolute Gasteiger partial charge is 0.326 e. The third kappa shape index (κ3) is 4.99. The largest absolute Gasteiger partial charge is 0.370 e. The van der Waals surface area contributed by atoms with Crippen LogP contribution in [0.4, 0.5) is 22.2 Å². The number of carbonyl (C=O) groups excluding carboxylic acids is 2. The summed E-state index contributed by atoms with van der Waals surface area (Å²) in [4.78, 5) is 43.2. The Labute approximate surface area is 233 Å². The number of amides is 3. The molecule has 6 heterocycles. The molecular weight excluding hydrogens is 510 g/mol. The number of piperidine rings is 1. The Hall–Kier alpha value is -3.14. The molecular formula is C29H39N7O2S. The van der Waals surface area contributed by atoms with Gasteiger partial charge in [0.2, 0.25) is 0 Å². The van der Waals surface area contributed by atoms with E-state index in [-0.39, 0.29) is 23.5 Å². The van der Waals surface area contributed by atoms with Gasteiger partial charge in [0.25, 0.3) is 5.91 Å². The van der Waals surface area contributed by atoms with E-state index in [9.17, 15) is 9.59 Å². The van der Waals surface area contributed by atoms with Gasteiger partial charge in [-0.3, -0.25) is 14.4 Å². The monoisotopic (exact) mass is 549 g/mol. The van der Waals surface area contributed by atoms with E-state index < -0.39 is 10.7 Å². The highest BCUT2D eigenvalue weighted by atomic mass is 32.2. The molecule has 9 nitrogen and oxygen atoms in total. The Bertz CT molecular complexity index is 1310. The molecule has 4 bridgehead atoms. The number of hydrogen-bond donors (Lipinski definition) is 2. The van der Waals surface area contributed by atoms with Crippen LogP contribution in [0.2, 0.25) is 0 Å². The van der Waals surface area contributed by atoms with Crippen molar-refractivity contribution >= 4 is 45.4 Å². The highest BCUT2D eigenvalue weighted by Gasteiger charge is 2.43. The maximum absolute atomic E-state index is 13.9. The molecule has 3 amide bonds. The number of nitrogens with zero attached hydrogens (tertiary/aromatic N) is 5. The average Bonchev–Trinajstić information content (AvgIpc) is 3.44. The van der Waals surface area contributed by atoms with Gasteiger partial charge in [-0.05, 0) is 106 Å². The topological polar surface area (TPSA) is 93.7 Å². The van der Waals surface area contributed by atoms with Crippen molar-refractivity contribution in [1.82, 2.24) is 19.6 Å². The van der Waals surface area contributed by atoms with E-state index in [1.54, 1.807) is 0 Å². The van der Waals surface area contributed by atoms with E-state index in [0.717, 1.165) is 69.0 Å². The Kier molecular flexibility index (Phi) is 6.99. The van der Waals surface area contributed by atoms with Gasteiger partial charge < -0.3 is 15.1 Å². The lowest BCUT2D eigenvalue weighted by Crippen LogP contribution is -2.41. The number of anilines is 3. The van der Waals surface area contributed by atoms with E-state index in [4.69, 9.17) is 9.97 Å². The number of rotatable bonds is 1. The Morgan fingerprint density at radius 2 is 1.92 bits per heavy atom. The summed E-state index contributed by atoms with van der Waals surface area (Å²) in [5.41, 5.74) is 0.382. The van der Waals surface area contributed by atoms with Crippen molar-refractivity contribution in [3.63, 3.8) is 0 Å². The van der Waals surface area contributed by atoms with Crippen LogP contribution >= 0.6 is 10.7 Å². The average molecular weight is 550 g/mol. The van der Waals surface area contributed by atoms with E-state index in [1.165, 1.54) is 0 Å². The van der Waals surface area contributed by atoms with Crippen LogP contribution in [0.15, 0.2) is 35.4 Å². The summed E-state index contributed by atoms with van der Waals surface area (Å²) < 4.78 is 3.21. The van der Waals surface area contributed by atoms with Crippen LogP contribution in [0.3, 0.4) is 0 Å². The number of nitrogens with one attached hydrogen (secondary N) is 2.